The Balaban J connectivity index is 1.45. The molecule has 1 amide bonds. The zero-order valence-electron chi connectivity index (χ0n) is 17.8. The number of piperidine rings is 1. The number of amides is 1. The molecule has 164 valence electrons. The first kappa shape index (κ1) is 20.0. The molecule has 1 aliphatic heterocycles. The molecule has 0 aliphatic carbocycles. The van der Waals surface area contributed by atoms with Gasteiger partial charge in [-0.15, -0.1) is 0 Å². The number of hydrogen-bond donors (Lipinski definition) is 2. The lowest BCUT2D eigenvalue weighted by Gasteiger charge is -2.32. The third-order valence-electron chi connectivity index (χ3n) is 6.07. The predicted molar refractivity (Wildman–Crippen MR) is 120 cm³/mol. The topological polar surface area (TPSA) is 113 Å². The summed E-state index contributed by atoms with van der Waals surface area (Å²) in [5, 5.41) is 3.55. The number of likely N-dealkylation sites (tertiary alicyclic amines) is 1. The minimum Gasteiger partial charge on any atom is -0.495 e. The van der Waals surface area contributed by atoms with E-state index < -0.39 is 0 Å². The molecule has 9 nitrogen and oxygen atoms in total. The van der Waals surface area contributed by atoms with Gasteiger partial charge in [-0.2, -0.15) is 0 Å². The first-order valence-corrected chi connectivity index (χ1v) is 10.5. The molecule has 4 aromatic rings. The summed E-state index contributed by atoms with van der Waals surface area (Å²) in [6.07, 6.45) is 3.14. The monoisotopic (exact) mass is 433 g/mol. The van der Waals surface area contributed by atoms with E-state index in [1.54, 1.807) is 30.0 Å². The zero-order chi connectivity index (χ0) is 22.4. The van der Waals surface area contributed by atoms with Crippen LogP contribution in [0.4, 0.5) is 0 Å². The number of aryl methyl sites for hydroxylation is 1. The number of carbonyl (C=O) groups is 1. The van der Waals surface area contributed by atoms with E-state index in [4.69, 9.17) is 4.74 Å². The van der Waals surface area contributed by atoms with Crippen LogP contribution in [0.2, 0.25) is 0 Å². The Hall–Kier alpha value is -3.88. The molecule has 0 spiro atoms. The number of benzene rings is 1. The molecular weight excluding hydrogens is 410 g/mol. The van der Waals surface area contributed by atoms with Crippen molar-refractivity contribution >= 4 is 22.5 Å². The number of rotatable bonds is 3. The van der Waals surface area contributed by atoms with E-state index in [-0.39, 0.29) is 28.4 Å². The zero-order valence-corrected chi connectivity index (χ0v) is 17.8. The van der Waals surface area contributed by atoms with E-state index in [0.29, 0.717) is 41.1 Å². The van der Waals surface area contributed by atoms with E-state index in [2.05, 4.69) is 15.1 Å². The van der Waals surface area contributed by atoms with Gasteiger partial charge in [0.15, 0.2) is 5.65 Å². The number of pyridine rings is 1. The summed E-state index contributed by atoms with van der Waals surface area (Å²) in [5.41, 5.74) is 2.27. The number of carbonyl (C=O) groups excluding carboxylic acids is 1. The maximum atomic E-state index is 13.3. The highest BCUT2D eigenvalue weighted by Gasteiger charge is 2.28. The van der Waals surface area contributed by atoms with Crippen molar-refractivity contribution in [3.63, 3.8) is 0 Å². The minimum atomic E-state index is -0.318. The molecule has 1 aromatic carbocycles. The summed E-state index contributed by atoms with van der Waals surface area (Å²) in [4.78, 5) is 47.7. The van der Waals surface area contributed by atoms with E-state index in [1.165, 1.54) is 23.9 Å². The van der Waals surface area contributed by atoms with Gasteiger partial charge < -0.3 is 14.6 Å². The van der Waals surface area contributed by atoms with Gasteiger partial charge in [0.2, 0.25) is 5.43 Å². The van der Waals surface area contributed by atoms with Gasteiger partial charge in [-0.05, 0) is 31.9 Å². The number of H-pyrrole nitrogens is 2. The van der Waals surface area contributed by atoms with Crippen molar-refractivity contribution in [1.82, 2.24) is 24.5 Å². The Morgan fingerprint density at radius 2 is 2.09 bits per heavy atom. The number of para-hydroxylation sites is 1. The number of aromatic nitrogens is 4. The molecule has 3 aromatic heterocycles. The molecular formula is C23H23N5O4. The maximum Gasteiger partial charge on any atom is 0.272 e. The SMILES string of the molecule is COc1cccc2c(=O)c(C(=O)N3CCC[C@@H](c4cc5nc(C)cc(=O)n5[nH]4)C3)c[nH]c12. The van der Waals surface area contributed by atoms with Gasteiger partial charge in [0.05, 0.1) is 18.0 Å². The van der Waals surface area contributed by atoms with Gasteiger partial charge in [0.25, 0.3) is 11.5 Å². The molecule has 2 N–H and O–H groups in total. The van der Waals surface area contributed by atoms with Crippen LogP contribution in [-0.2, 0) is 0 Å². The number of hydrogen-bond acceptors (Lipinski definition) is 5. The Morgan fingerprint density at radius 1 is 1.25 bits per heavy atom. The van der Waals surface area contributed by atoms with Crippen LogP contribution in [0, 0.1) is 6.92 Å². The second-order valence-electron chi connectivity index (χ2n) is 8.15. The van der Waals surface area contributed by atoms with E-state index in [0.717, 1.165) is 18.5 Å². The third kappa shape index (κ3) is 3.26. The van der Waals surface area contributed by atoms with Crippen molar-refractivity contribution in [2.75, 3.05) is 20.2 Å². The Morgan fingerprint density at radius 3 is 2.91 bits per heavy atom. The number of nitrogens with one attached hydrogen (secondary N) is 2. The second-order valence-corrected chi connectivity index (χ2v) is 8.15. The Bertz CT molecular complexity index is 1470. The van der Waals surface area contributed by atoms with Crippen LogP contribution in [0.1, 0.15) is 40.5 Å². The van der Waals surface area contributed by atoms with E-state index >= 15 is 0 Å². The number of fused-ring (bicyclic) bond motifs is 2. The summed E-state index contributed by atoms with van der Waals surface area (Å²) in [5.74, 6) is 0.270. The van der Waals surface area contributed by atoms with Gasteiger partial charge >= 0.3 is 0 Å². The molecule has 0 radical (unpaired) electrons. The number of nitrogens with zero attached hydrogens (tertiary/aromatic N) is 3. The first-order chi connectivity index (χ1) is 15.5. The lowest BCUT2D eigenvalue weighted by atomic mass is 9.94. The fourth-order valence-electron chi connectivity index (χ4n) is 4.48. The second kappa shape index (κ2) is 7.67. The van der Waals surface area contributed by atoms with Gasteiger partial charge in [-0.3, -0.25) is 19.5 Å². The molecule has 4 heterocycles. The fourth-order valence-corrected chi connectivity index (χ4v) is 4.48. The van der Waals surface area contributed by atoms with Gasteiger partial charge in [0, 0.05) is 48.7 Å². The first-order valence-electron chi connectivity index (χ1n) is 10.5. The smallest absolute Gasteiger partial charge is 0.272 e. The van der Waals surface area contributed by atoms with Crippen LogP contribution in [0.5, 0.6) is 5.75 Å². The molecule has 1 atom stereocenters. The molecule has 9 heteroatoms. The Kier molecular flexibility index (Phi) is 4.80. The van der Waals surface area contributed by atoms with Gasteiger partial charge in [-0.25, -0.2) is 9.50 Å². The van der Waals surface area contributed by atoms with Crippen molar-refractivity contribution in [3.05, 3.63) is 74.1 Å². The highest BCUT2D eigenvalue weighted by Crippen LogP contribution is 2.27. The molecule has 0 bridgehead atoms. The van der Waals surface area contributed by atoms with Crippen LogP contribution in [0.25, 0.3) is 16.6 Å². The standard InChI is InChI=1S/C23H23N5O4/c1-13-9-20(29)28-19(25-13)10-17(26-28)14-5-4-8-27(12-14)23(31)16-11-24-21-15(22(16)30)6-3-7-18(21)32-2/h3,6-7,9-11,14,26H,4-5,8,12H2,1-2H3,(H,24,30)/t14-/m1/s1. The highest BCUT2D eigenvalue weighted by molar-refractivity contribution is 5.98. The minimum absolute atomic E-state index is 0.0220. The summed E-state index contributed by atoms with van der Waals surface area (Å²) in [6, 6.07) is 8.52. The number of ether oxygens (including phenoxy) is 1. The number of aromatic amines is 2. The van der Waals surface area contributed by atoms with Crippen molar-refractivity contribution < 1.29 is 9.53 Å². The largest absolute Gasteiger partial charge is 0.495 e. The summed E-state index contributed by atoms with van der Waals surface area (Å²) in [6.45, 7) is 2.81. The van der Waals surface area contributed by atoms with Gasteiger partial charge in [0.1, 0.15) is 11.3 Å². The predicted octanol–water partition coefficient (Wildman–Crippen LogP) is 2.20. The summed E-state index contributed by atoms with van der Waals surface area (Å²) >= 11 is 0. The van der Waals surface area contributed by atoms with Crippen molar-refractivity contribution in [3.8, 4) is 5.75 Å². The lowest BCUT2D eigenvalue weighted by molar-refractivity contribution is 0.0704. The quantitative estimate of drug-likeness (QED) is 0.514. The van der Waals surface area contributed by atoms with E-state index in [1.807, 2.05) is 6.07 Å². The van der Waals surface area contributed by atoms with Crippen LogP contribution in [0.3, 0.4) is 0 Å². The summed E-state index contributed by atoms with van der Waals surface area (Å²) in [7, 11) is 1.54. The molecule has 1 fully saturated rings. The van der Waals surface area contributed by atoms with Crippen LogP contribution < -0.4 is 15.7 Å². The summed E-state index contributed by atoms with van der Waals surface area (Å²) < 4.78 is 6.73. The van der Waals surface area contributed by atoms with E-state index in [9.17, 15) is 14.4 Å². The maximum absolute atomic E-state index is 13.3. The normalized spacial score (nSPS) is 16.6. The Labute approximate surface area is 182 Å². The molecule has 5 rings (SSSR count). The van der Waals surface area contributed by atoms with Gasteiger partial charge in [-0.1, -0.05) is 6.07 Å². The molecule has 0 unspecified atom stereocenters. The molecule has 1 aliphatic rings. The number of methoxy groups -OCH3 is 1. The van der Waals surface area contributed by atoms with Crippen molar-refractivity contribution in [1.29, 1.82) is 0 Å². The van der Waals surface area contributed by atoms with Crippen LogP contribution in [-0.4, -0.2) is 50.6 Å². The van der Waals surface area contributed by atoms with Crippen molar-refractivity contribution in [2.45, 2.75) is 25.7 Å². The van der Waals surface area contributed by atoms with Crippen LogP contribution >= 0.6 is 0 Å². The average molecular weight is 433 g/mol. The van der Waals surface area contributed by atoms with Crippen LogP contribution in [0.15, 0.2) is 46.1 Å². The molecule has 1 saturated heterocycles. The lowest BCUT2D eigenvalue weighted by Crippen LogP contribution is -2.41. The fraction of sp³-hybridized carbons (Fsp3) is 0.304. The molecule has 0 saturated carbocycles. The highest BCUT2D eigenvalue weighted by atomic mass is 16.5. The average Bonchev–Trinajstić information content (AvgIpc) is 3.23. The third-order valence-corrected chi connectivity index (χ3v) is 6.07. The molecule has 32 heavy (non-hydrogen) atoms. The van der Waals surface area contributed by atoms with Crippen molar-refractivity contribution in [2.24, 2.45) is 0 Å².